The highest BCUT2D eigenvalue weighted by Crippen LogP contribution is 2.32. The van der Waals surface area contributed by atoms with Gasteiger partial charge in [0.15, 0.2) is 0 Å². The predicted octanol–water partition coefficient (Wildman–Crippen LogP) is 5.04. The number of aryl methyl sites for hydroxylation is 3. The van der Waals surface area contributed by atoms with Crippen LogP contribution in [-0.2, 0) is 25.8 Å². The maximum atomic E-state index is 3.71. The van der Waals surface area contributed by atoms with E-state index in [0.29, 0.717) is 6.04 Å². The van der Waals surface area contributed by atoms with Crippen LogP contribution in [0.5, 0.6) is 0 Å². The summed E-state index contributed by atoms with van der Waals surface area (Å²) >= 11 is 2.03. The third-order valence-corrected chi connectivity index (χ3v) is 5.96. The number of hydrogen-bond acceptors (Lipinski definition) is 2. The Morgan fingerprint density at radius 2 is 1.90 bits per heavy atom. The Balaban J connectivity index is 1.66. The van der Waals surface area contributed by atoms with Crippen LogP contribution >= 0.6 is 11.3 Å². The van der Waals surface area contributed by atoms with Crippen LogP contribution in [0.25, 0.3) is 0 Å². The van der Waals surface area contributed by atoms with Crippen molar-refractivity contribution in [2.24, 2.45) is 0 Å². The maximum Gasteiger partial charge on any atom is 0.0389 e. The highest BCUT2D eigenvalue weighted by atomic mass is 32.1. The summed E-state index contributed by atoms with van der Waals surface area (Å²) in [7, 11) is 0. The average Bonchev–Trinajstić information content (AvgIpc) is 2.97. The van der Waals surface area contributed by atoms with Gasteiger partial charge in [0.2, 0.25) is 0 Å². The molecular weight excluding hydrogens is 274 g/mol. The summed E-state index contributed by atoms with van der Waals surface area (Å²) < 4.78 is 0. The summed E-state index contributed by atoms with van der Waals surface area (Å²) in [4.78, 5) is 3.15. The summed E-state index contributed by atoms with van der Waals surface area (Å²) in [6.07, 6.45) is 6.44. The number of thiophene rings is 1. The summed E-state index contributed by atoms with van der Waals surface area (Å²) in [6.45, 7) is 5.50. The Labute approximate surface area is 132 Å². The number of rotatable bonds is 5. The van der Waals surface area contributed by atoms with E-state index >= 15 is 0 Å². The molecule has 1 N–H and O–H groups in total. The Kier molecular flexibility index (Phi) is 4.77. The van der Waals surface area contributed by atoms with E-state index in [0.717, 1.165) is 13.0 Å². The van der Waals surface area contributed by atoms with Crippen molar-refractivity contribution in [2.45, 2.75) is 58.5 Å². The highest BCUT2D eigenvalue weighted by molar-refractivity contribution is 7.12. The zero-order valence-electron chi connectivity index (χ0n) is 13.1. The van der Waals surface area contributed by atoms with Gasteiger partial charge in [-0.05, 0) is 61.8 Å². The van der Waals surface area contributed by atoms with Crippen LogP contribution in [0.1, 0.15) is 59.2 Å². The van der Waals surface area contributed by atoms with Crippen LogP contribution in [0.2, 0.25) is 0 Å². The van der Waals surface area contributed by atoms with Gasteiger partial charge in [0.1, 0.15) is 0 Å². The van der Waals surface area contributed by atoms with E-state index in [1.54, 1.807) is 10.4 Å². The van der Waals surface area contributed by atoms with Gasteiger partial charge in [-0.1, -0.05) is 31.2 Å². The largest absolute Gasteiger partial charge is 0.305 e. The quantitative estimate of drug-likeness (QED) is 0.815. The van der Waals surface area contributed by atoms with Gasteiger partial charge in [0.25, 0.3) is 0 Å². The summed E-state index contributed by atoms with van der Waals surface area (Å²) in [5.74, 6) is 0. The van der Waals surface area contributed by atoms with Crippen LogP contribution < -0.4 is 5.32 Å². The number of benzene rings is 1. The van der Waals surface area contributed by atoms with Gasteiger partial charge in [-0.2, -0.15) is 0 Å². The lowest BCUT2D eigenvalue weighted by atomic mass is 9.99. The molecule has 1 nitrogen and oxygen atoms in total. The Morgan fingerprint density at radius 3 is 2.67 bits per heavy atom. The minimum absolute atomic E-state index is 0.450. The molecule has 2 aromatic rings. The molecule has 0 amide bonds. The van der Waals surface area contributed by atoms with Crippen LogP contribution in [-0.4, -0.2) is 0 Å². The fraction of sp³-hybridized carbons (Fsp3) is 0.474. The Morgan fingerprint density at radius 1 is 1.14 bits per heavy atom. The molecule has 0 bridgehead atoms. The predicted molar refractivity (Wildman–Crippen MR) is 92.0 cm³/mol. The SMILES string of the molecule is CCc1ccccc1CNC(C)c1cc2c(s1)CCCC2. The van der Waals surface area contributed by atoms with Crippen molar-refractivity contribution in [1.29, 1.82) is 0 Å². The zero-order valence-corrected chi connectivity index (χ0v) is 13.9. The van der Waals surface area contributed by atoms with Crippen molar-refractivity contribution in [1.82, 2.24) is 5.32 Å². The molecule has 1 unspecified atom stereocenters. The molecule has 0 spiro atoms. The molecule has 0 saturated heterocycles. The van der Waals surface area contributed by atoms with E-state index in [1.807, 2.05) is 11.3 Å². The smallest absolute Gasteiger partial charge is 0.0389 e. The monoisotopic (exact) mass is 299 g/mol. The van der Waals surface area contributed by atoms with E-state index in [-0.39, 0.29) is 0 Å². The maximum absolute atomic E-state index is 3.71. The standard InChI is InChI=1S/C19H25NS/c1-3-15-8-4-5-10-17(15)13-20-14(2)19-12-16-9-6-7-11-18(16)21-19/h4-5,8,10,12,14,20H,3,6-7,9,11,13H2,1-2H3. The van der Waals surface area contributed by atoms with Gasteiger partial charge in [-0.3, -0.25) is 0 Å². The number of hydrogen-bond donors (Lipinski definition) is 1. The molecule has 1 aromatic carbocycles. The van der Waals surface area contributed by atoms with Crippen molar-refractivity contribution in [3.63, 3.8) is 0 Å². The molecule has 1 aromatic heterocycles. The lowest BCUT2D eigenvalue weighted by Gasteiger charge is -2.14. The van der Waals surface area contributed by atoms with Gasteiger partial charge in [0.05, 0.1) is 0 Å². The fourth-order valence-corrected chi connectivity index (χ4v) is 4.45. The molecule has 1 aliphatic rings. The number of nitrogens with one attached hydrogen (secondary N) is 1. The Bertz CT molecular complexity index is 576. The molecule has 2 heteroatoms. The third kappa shape index (κ3) is 3.38. The van der Waals surface area contributed by atoms with Crippen molar-refractivity contribution in [3.05, 3.63) is 56.8 Å². The first kappa shape index (κ1) is 14.8. The van der Waals surface area contributed by atoms with Crippen molar-refractivity contribution in [2.75, 3.05) is 0 Å². The van der Waals surface area contributed by atoms with Gasteiger partial charge >= 0.3 is 0 Å². The first-order valence-electron chi connectivity index (χ1n) is 8.19. The molecule has 1 atom stereocenters. The molecule has 0 fully saturated rings. The van der Waals surface area contributed by atoms with Gasteiger partial charge in [-0.25, -0.2) is 0 Å². The highest BCUT2D eigenvalue weighted by Gasteiger charge is 2.16. The van der Waals surface area contributed by atoms with Gasteiger partial charge < -0.3 is 5.32 Å². The molecule has 0 aliphatic heterocycles. The third-order valence-electron chi connectivity index (χ3n) is 4.54. The van der Waals surface area contributed by atoms with Crippen molar-refractivity contribution >= 4 is 11.3 Å². The molecule has 3 rings (SSSR count). The van der Waals surface area contributed by atoms with Crippen molar-refractivity contribution < 1.29 is 0 Å². The van der Waals surface area contributed by atoms with Gasteiger partial charge in [0, 0.05) is 22.3 Å². The lowest BCUT2D eigenvalue weighted by molar-refractivity contribution is 0.580. The molecule has 21 heavy (non-hydrogen) atoms. The zero-order chi connectivity index (χ0) is 14.7. The number of fused-ring (bicyclic) bond motifs is 1. The van der Waals surface area contributed by atoms with E-state index in [1.165, 1.54) is 41.7 Å². The molecule has 1 aliphatic carbocycles. The molecule has 0 radical (unpaired) electrons. The second-order valence-corrected chi connectivity index (χ2v) is 7.20. The average molecular weight is 299 g/mol. The normalized spacial score (nSPS) is 15.7. The van der Waals surface area contributed by atoms with Gasteiger partial charge in [-0.15, -0.1) is 11.3 Å². The van der Waals surface area contributed by atoms with E-state index in [9.17, 15) is 0 Å². The fourth-order valence-electron chi connectivity index (χ4n) is 3.17. The molecule has 0 saturated carbocycles. The van der Waals surface area contributed by atoms with Crippen LogP contribution in [0.4, 0.5) is 0 Å². The topological polar surface area (TPSA) is 12.0 Å². The van der Waals surface area contributed by atoms with Crippen LogP contribution in [0, 0.1) is 0 Å². The summed E-state index contributed by atoms with van der Waals surface area (Å²) in [6, 6.07) is 11.7. The van der Waals surface area contributed by atoms with Crippen LogP contribution in [0.3, 0.4) is 0 Å². The van der Waals surface area contributed by atoms with E-state index in [2.05, 4.69) is 49.5 Å². The van der Waals surface area contributed by atoms with E-state index in [4.69, 9.17) is 0 Å². The van der Waals surface area contributed by atoms with Crippen molar-refractivity contribution in [3.8, 4) is 0 Å². The first-order valence-corrected chi connectivity index (χ1v) is 9.01. The molecule has 1 heterocycles. The summed E-state index contributed by atoms with van der Waals surface area (Å²) in [5, 5.41) is 3.71. The van der Waals surface area contributed by atoms with Crippen LogP contribution in [0.15, 0.2) is 30.3 Å². The lowest BCUT2D eigenvalue weighted by Crippen LogP contribution is -2.18. The first-order chi connectivity index (χ1) is 10.3. The molecular formula is C19H25NS. The minimum atomic E-state index is 0.450. The minimum Gasteiger partial charge on any atom is -0.305 e. The Hall–Kier alpha value is -1.12. The second kappa shape index (κ2) is 6.76. The molecule has 112 valence electrons. The second-order valence-electron chi connectivity index (χ2n) is 6.03. The van der Waals surface area contributed by atoms with E-state index < -0.39 is 0 Å². The summed E-state index contributed by atoms with van der Waals surface area (Å²) in [5.41, 5.74) is 4.51.